The van der Waals surface area contributed by atoms with Gasteiger partial charge in [0.05, 0.1) is 17.0 Å². The molecule has 0 radical (unpaired) electrons. The van der Waals surface area contributed by atoms with Gasteiger partial charge in [-0.25, -0.2) is 18.1 Å². The quantitative estimate of drug-likeness (QED) is 0.741. The molecule has 2 unspecified atom stereocenters. The predicted molar refractivity (Wildman–Crippen MR) is 105 cm³/mol. The van der Waals surface area contributed by atoms with Crippen LogP contribution in [0.3, 0.4) is 0 Å². The number of urea groups is 1. The van der Waals surface area contributed by atoms with Crippen LogP contribution in [0, 0.1) is 0 Å². The van der Waals surface area contributed by atoms with E-state index in [-0.39, 0.29) is 24.5 Å². The molecule has 3 aliphatic rings. The highest BCUT2D eigenvalue weighted by Crippen LogP contribution is 2.44. The summed E-state index contributed by atoms with van der Waals surface area (Å²) in [6, 6.07) is 11.3. The number of nitrogens with zero attached hydrogens (tertiary/aromatic N) is 3. The van der Waals surface area contributed by atoms with Crippen LogP contribution in [-0.2, 0) is 14.8 Å². The van der Waals surface area contributed by atoms with E-state index in [1.54, 1.807) is 24.8 Å². The standard InChI is InChI=1S/C20H21N3O4S/c1-12(2)28(26,27)21-11-14-10-17(21)18-19(24)23(20(25)22(14)18)16-9-5-7-13-6-3-4-8-15(13)16/h3-9,12,14,17-18H,10-11H2,1-2H3/t14?,17?,18-/m0/s1. The highest BCUT2D eigenvalue weighted by Gasteiger charge is 2.64. The number of rotatable bonds is 3. The van der Waals surface area contributed by atoms with Gasteiger partial charge in [0.15, 0.2) is 0 Å². The maximum Gasteiger partial charge on any atom is 0.332 e. The van der Waals surface area contributed by atoms with Crippen molar-refractivity contribution in [1.82, 2.24) is 9.21 Å². The van der Waals surface area contributed by atoms with E-state index in [0.29, 0.717) is 12.1 Å². The summed E-state index contributed by atoms with van der Waals surface area (Å²) >= 11 is 0. The van der Waals surface area contributed by atoms with Crippen LogP contribution < -0.4 is 4.90 Å². The van der Waals surface area contributed by atoms with Crippen LogP contribution in [0.15, 0.2) is 42.5 Å². The molecule has 3 fully saturated rings. The van der Waals surface area contributed by atoms with Gasteiger partial charge in [-0.1, -0.05) is 36.4 Å². The summed E-state index contributed by atoms with van der Waals surface area (Å²) in [5.41, 5.74) is 0.556. The number of anilines is 1. The zero-order valence-electron chi connectivity index (χ0n) is 15.6. The summed E-state index contributed by atoms with van der Waals surface area (Å²) in [6.45, 7) is 3.55. The van der Waals surface area contributed by atoms with E-state index in [4.69, 9.17) is 0 Å². The number of hydrogen-bond acceptors (Lipinski definition) is 4. The SMILES string of the molecule is CC(C)S(=O)(=O)N1CC2CC1[C@H]1C(=O)N(c3cccc4ccccc34)C(=O)N21. The second-order valence-electron chi connectivity index (χ2n) is 7.93. The first kappa shape index (κ1) is 17.6. The molecule has 28 heavy (non-hydrogen) atoms. The molecule has 7 nitrogen and oxygen atoms in total. The Morgan fingerprint density at radius 2 is 1.75 bits per heavy atom. The summed E-state index contributed by atoms with van der Waals surface area (Å²) in [4.78, 5) is 29.3. The van der Waals surface area contributed by atoms with Crippen molar-refractivity contribution >= 4 is 38.4 Å². The predicted octanol–water partition coefficient (Wildman–Crippen LogP) is 2.17. The highest BCUT2D eigenvalue weighted by molar-refractivity contribution is 7.89. The largest absolute Gasteiger partial charge is 0.332 e. The van der Waals surface area contributed by atoms with E-state index < -0.39 is 27.4 Å². The molecule has 0 aliphatic carbocycles. The fourth-order valence-corrected chi connectivity index (χ4v) is 6.30. The van der Waals surface area contributed by atoms with E-state index in [2.05, 4.69) is 0 Å². The van der Waals surface area contributed by atoms with Crippen molar-refractivity contribution in [3.05, 3.63) is 42.5 Å². The first-order valence-electron chi connectivity index (χ1n) is 9.47. The number of fused-ring (bicyclic) bond motifs is 6. The van der Waals surface area contributed by atoms with E-state index in [0.717, 1.165) is 10.8 Å². The average molecular weight is 399 g/mol. The van der Waals surface area contributed by atoms with Crippen LogP contribution >= 0.6 is 0 Å². The van der Waals surface area contributed by atoms with Crippen molar-refractivity contribution in [1.29, 1.82) is 0 Å². The van der Waals surface area contributed by atoms with Crippen molar-refractivity contribution in [3.8, 4) is 0 Å². The summed E-state index contributed by atoms with van der Waals surface area (Å²) < 4.78 is 26.9. The van der Waals surface area contributed by atoms with Crippen LogP contribution in [0.4, 0.5) is 10.5 Å². The molecule has 2 aromatic carbocycles. The van der Waals surface area contributed by atoms with Crippen LogP contribution in [0.5, 0.6) is 0 Å². The van der Waals surface area contributed by atoms with Crippen LogP contribution in [-0.4, -0.2) is 59.5 Å². The fraction of sp³-hybridized carbons (Fsp3) is 0.400. The Morgan fingerprint density at radius 3 is 2.50 bits per heavy atom. The maximum atomic E-state index is 13.3. The van der Waals surface area contributed by atoms with Gasteiger partial charge < -0.3 is 4.90 Å². The van der Waals surface area contributed by atoms with Crippen molar-refractivity contribution in [2.24, 2.45) is 0 Å². The molecule has 2 aromatic rings. The number of imide groups is 1. The summed E-state index contributed by atoms with van der Waals surface area (Å²) in [6.07, 6.45) is 0.525. The molecule has 5 rings (SSSR count). The van der Waals surface area contributed by atoms with Crippen molar-refractivity contribution in [2.45, 2.75) is 43.6 Å². The van der Waals surface area contributed by atoms with E-state index in [1.165, 1.54) is 9.21 Å². The molecule has 3 heterocycles. The molecule has 0 N–H and O–H groups in total. The van der Waals surface area contributed by atoms with Crippen LogP contribution in [0.1, 0.15) is 20.3 Å². The Bertz CT molecular complexity index is 1110. The van der Waals surface area contributed by atoms with Gasteiger partial charge in [0.25, 0.3) is 5.91 Å². The van der Waals surface area contributed by atoms with Crippen LogP contribution in [0.25, 0.3) is 10.8 Å². The molecular formula is C20H21N3O4S. The van der Waals surface area contributed by atoms with Gasteiger partial charge in [0.2, 0.25) is 10.0 Å². The van der Waals surface area contributed by atoms with E-state index >= 15 is 0 Å². The molecule has 0 aromatic heterocycles. The number of hydrogen-bond donors (Lipinski definition) is 0. The Hall–Kier alpha value is -2.45. The lowest BCUT2D eigenvalue weighted by atomic mass is 10.1. The van der Waals surface area contributed by atoms with Crippen molar-refractivity contribution < 1.29 is 18.0 Å². The van der Waals surface area contributed by atoms with Gasteiger partial charge in [-0.3, -0.25) is 4.79 Å². The molecule has 3 saturated heterocycles. The summed E-state index contributed by atoms with van der Waals surface area (Å²) in [7, 11) is -3.48. The molecule has 2 bridgehead atoms. The topological polar surface area (TPSA) is 78.0 Å². The molecule has 0 spiro atoms. The molecule has 0 saturated carbocycles. The minimum atomic E-state index is -3.48. The third-order valence-electron chi connectivity index (χ3n) is 6.15. The average Bonchev–Trinajstić information content (AvgIpc) is 3.33. The first-order chi connectivity index (χ1) is 13.3. The molecule has 3 atom stereocenters. The lowest BCUT2D eigenvalue weighted by molar-refractivity contribution is -0.120. The Labute approximate surface area is 163 Å². The number of amides is 3. The molecule has 3 amide bonds. The third kappa shape index (κ3) is 2.15. The Morgan fingerprint density at radius 1 is 1.04 bits per heavy atom. The monoisotopic (exact) mass is 399 g/mol. The van der Waals surface area contributed by atoms with E-state index in [1.807, 2.05) is 36.4 Å². The maximum absolute atomic E-state index is 13.3. The third-order valence-corrected chi connectivity index (χ3v) is 8.41. The number of carbonyl (C=O) groups is 2. The summed E-state index contributed by atoms with van der Waals surface area (Å²) in [5.74, 6) is -0.336. The summed E-state index contributed by atoms with van der Waals surface area (Å²) in [5, 5.41) is 1.22. The number of piperazine rings is 1. The first-order valence-corrected chi connectivity index (χ1v) is 11.0. The van der Waals surface area contributed by atoms with Gasteiger partial charge in [0.1, 0.15) is 6.04 Å². The van der Waals surface area contributed by atoms with Gasteiger partial charge in [0, 0.05) is 18.0 Å². The lowest BCUT2D eigenvalue weighted by Gasteiger charge is -2.34. The number of carbonyl (C=O) groups excluding carboxylic acids is 2. The van der Waals surface area contributed by atoms with Gasteiger partial charge >= 0.3 is 6.03 Å². The molecule has 8 heteroatoms. The van der Waals surface area contributed by atoms with Gasteiger partial charge in [-0.05, 0) is 31.7 Å². The van der Waals surface area contributed by atoms with Gasteiger partial charge in [-0.2, -0.15) is 4.31 Å². The zero-order valence-corrected chi connectivity index (χ0v) is 16.5. The smallest absolute Gasteiger partial charge is 0.306 e. The Balaban J connectivity index is 1.56. The second-order valence-corrected chi connectivity index (χ2v) is 10.4. The zero-order chi connectivity index (χ0) is 19.8. The van der Waals surface area contributed by atoms with E-state index in [9.17, 15) is 18.0 Å². The highest BCUT2D eigenvalue weighted by atomic mass is 32.2. The Kier molecular flexibility index (Phi) is 3.64. The lowest BCUT2D eigenvalue weighted by Crippen LogP contribution is -2.55. The second kappa shape index (κ2) is 5.78. The normalized spacial score (nSPS) is 27.5. The van der Waals surface area contributed by atoms with Crippen molar-refractivity contribution in [2.75, 3.05) is 11.4 Å². The number of sulfonamides is 1. The fourth-order valence-electron chi connectivity index (χ4n) is 4.80. The molecule has 3 aliphatic heterocycles. The minimum absolute atomic E-state index is 0.250. The van der Waals surface area contributed by atoms with Gasteiger partial charge in [-0.15, -0.1) is 0 Å². The number of benzene rings is 2. The minimum Gasteiger partial charge on any atom is -0.306 e. The molecule has 146 valence electrons. The van der Waals surface area contributed by atoms with Crippen molar-refractivity contribution in [3.63, 3.8) is 0 Å². The van der Waals surface area contributed by atoms with Crippen LogP contribution in [0.2, 0.25) is 0 Å². The molecular weight excluding hydrogens is 378 g/mol.